The number of hydrogen-bond acceptors (Lipinski definition) is 2. The molecular weight excluding hydrogens is 256 g/mol. The molecule has 0 aromatic heterocycles. The smallest absolute Gasteiger partial charge is 0.0642 e. The van der Waals surface area contributed by atoms with Crippen LogP contribution in [0.1, 0.15) is 39.2 Å². The fourth-order valence-corrected chi connectivity index (χ4v) is 2.90. The van der Waals surface area contributed by atoms with Crippen LogP contribution in [0.2, 0.25) is 5.02 Å². The van der Waals surface area contributed by atoms with Crippen LogP contribution in [0.25, 0.3) is 0 Å². The maximum Gasteiger partial charge on any atom is 0.0642 e. The van der Waals surface area contributed by atoms with Gasteiger partial charge in [0.25, 0.3) is 0 Å². The third-order valence-electron chi connectivity index (χ3n) is 3.45. The van der Waals surface area contributed by atoms with E-state index in [2.05, 4.69) is 31.7 Å². The molecule has 1 aliphatic carbocycles. The van der Waals surface area contributed by atoms with Gasteiger partial charge in [0.2, 0.25) is 0 Å². The number of nitrogens with zero attached hydrogens (tertiary/aromatic N) is 1. The summed E-state index contributed by atoms with van der Waals surface area (Å²) in [6, 6.07) is 7.04. The van der Waals surface area contributed by atoms with E-state index in [0.29, 0.717) is 12.0 Å². The van der Waals surface area contributed by atoms with E-state index in [1.54, 1.807) is 0 Å². The molecule has 1 atom stereocenters. The van der Waals surface area contributed by atoms with Crippen molar-refractivity contribution >= 4 is 17.3 Å². The van der Waals surface area contributed by atoms with Crippen LogP contribution in [-0.4, -0.2) is 18.6 Å². The highest BCUT2D eigenvalue weighted by Crippen LogP contribution is 2.38. The van der Waals surface area contributed by atoms with Gasteiger partial charge in [0, 0.05) is 18.6 Å². The number of halogens is 1. The molecule has 1 unspecified atom stereocenters. The van der Waals surface area contributed by atoms with E-state index < -0.39 is 0 Å². The summed E-state index contributed by atoms with van der Waals surface area (Å²) >= 11 is 6.48. The molecule has 0 heterocycles. The molecule has 1 fully saturated rings. The summed E-state index contributed by atoms with van der Waals surface area (Å²) in [4.78, 5) is 2.50. The molecule has 0 bridgehead atoms. The highest BCUT2D eigenvalue weighted by atomic mass is 35.5. The second-order valence-corrected chi connectivity index (χ2v) is 6.61. The van der Waals surface area contributed by atoms with Gasteiger partial charge in [-0.15, -0.1) is 0 Å². The topological polar surface area (TPSA) is 29.3 Å². The van der Waals surface area contributed by atoms with Crippen molar-refractivity contribution in [1.29, 1.82) is 0 Å². The van der Waals surface area contributed by atoms with Crippen molar-refractivity contribution in [2.75, 3.05) is 11.4 Å². The Kier molecular flexibility index (Phi) is 4.75. The molecule has 1 saturated carbocycles. The van der Waals surface area contributed by atoms with Crippen molar-refractivity contribution in [2.24, 2.45) is 11.7 Å². The first-order chi connectivity index (χ1) is 8.99. The number of nitrogens with two attached hydrogens (primary N) is 1. The molecule has 1 aromatic carbocycles. The third kappa shape index (κ3) is 3.87. The van der Waals surface area contributed by atoms with Crippen molar-refractivity contribution in [3.8, 4) is 0 Å². The Hall–Kier alpha value is -0.730. The van der Waals surface area contributed by atoms with Crippen LogP contribution in [0.15, 0.2) is 18.2 Å². The van der Waals surface area contributed by atoms with E-state index in [1.165, 1.54) is 24.1 Å². The molecular formula is C16H25ClN2. The van der Waals surface area contributed by atoms with Crippen molar-refractivity contribution in [3.05, 3.63) is 28.8 Å². The van der Waals surface area contributed by atoms with Crippen LogP contribution in [0, 0.1) is 5.92 Å². The molecule has 3 heteroatoms. The maximum absolute atomic E-state index is 6.48. The lowest BCUT2D eigenvalue weighted by Crippen LogP contribution is -2.31. The summed E-state index contributed by atoms with van der Waals surface area (Å²) in [6.45, 7) is 7.64. The fourth-order valence-electron chi connectivity index (χ4n) is 2.60. The molecule has 0 saturated heterocycles. The SMILES string of the molecule is CC(C)CN(c1c(Cl)cccc1CC(C)N)C1CC1. The van der Waals surface area contributed by atoms with Crippen molar-refractivity contribution in [1.82, 2.24) is 0 Å². The van der Waals surface area contributed by atoms with Crippen LogP contribution < -0.4 is 10.6 Å². The van der Waals surface area contributed by atoms with Gasteiger partial charge in [-0.25, -0.2) is 0 Å². The average molecular weight is 281 g/mol. The lowest BCUT2D eigenvalue weighted by molar-refractivity contribution is 0.604. The lowest BCUT2D eigenvalue weighted by atomic mass is 10.0. The predicted octanol–water partition coefficient (Wildman–Crippen LogP) is 3.85. The maximum atomic E-state index is 6.48. The fraction of sp³-hybridized carbons (Fsp3) is 0.625. The quantitative estimate of drug-likeness (QED) is 0.857. The Morgan fingerprint density at radius 2 is 2.00 bits per heavy atom. The molecule has 0 amide bonds. The van der Waals surface area contributed by atoms with E-state index in [9.17, 15) is 0 Å². The van der Waals surface area contributed by atoms with Gasteiger partial charge in [-0.1, -0.05) is 37.6 Å². The normalized spacial score (nSPS) is 16.7. The summed E-state index contributed by atoms with van der Waals surface area (Å²) in [6.07, 6.45) is 3.46. The van der Waals surface area contributed by atoms with Crippen molar-refractivity contribution < 1.29 is 0 Å². The summed E-state index contributed by atoms with van der Waals surface area (Å²) in [5, 5.41) is 0.866. The first kappa shape index (κ1) is 14.7. The summed E-state index contributed by atoms with van der Waals surface area (Å²) in [5.41, 5.74) is 8.48. The third-order valence-corrected chi connectivity index (χ3v) is 3.75. The molecule has 19 heavy (non-hydrogen) atoms. The molecule has 0 aliphatic heterocycles. The Bertz CT molecular complexity index is 425. The summed E-state index contributed by atoms with van der Waals surface area (Å²) in [7, 11) is 0. The zero-order valence-corrected chi connectivity index (χ0v) is 13.0. The number of hydrogen-bond donors (Lipinski definition) is 1. The average Bonchev–Trinajstić information content (AvgIpc) is 3.09. The number of para-hydroxylation sites is 1. The molecule has 1 aromatic rings. The van der Waals surface area contributed by atoms with E-state index in [-0.39, 0.29) is 6.04 Å². The van der Waals surface area contributed by atoms with Gasteiger partial charge >= 0.3 is 0 Å². The lowest BCUT2D eigenvalue weighted by Gasteiger charge is -2.30. The Morgan fingerprint density at radius 3 is 2.53 bits per heavy atom. The standard InChI is InChI=1S/C16H25ClN2/c1-11(2)10-19(14-7-8-14)16-13(9-12(3)18)5-4-6-15(16)17/h4-6,11-12,14H,7-10,18H2,1-3H3. The zero-order valence-electron chi connectivity index (χ0n) is 12.2. The first-order valence-corrected chi connectivity index (χ1v) is 7.66. The van der Waals surface area contributed by atoms with Gasteiger partial charge in [-0.2, -0.15) is 0 Å². The molecule has 2 rings (SSSR count). The Morgan fingerprint density at radius 1 is 1.32 bits per heavy atom. The molecule has 0 radical (unpaired) electrons. The van der Waals surface area contributed by atoms with Gasteiger partial charge in [-0.3, -0.25) is 0 Å². The second-order valence-electron chi connectivity index (χ2n) is 6.21. The van der Waals surface area contributed by atoms with Gasteiger partial charge < -0.3 is 10.6 Å². The number of rotatable bonds is 6. The highest BCUT2D eigenvalue weighted by molar-refractivity contribution is 6.33. The van der Waals surface area contributed by atoms with Crippen LogP contribution in [0.5, 0.6) is 0 Å². The predicted molar refractivity (Wildman–Crippen MR) is 84.0 cm³/mol. The summed E-state index contributed by atoms with van der Waals surface area (Å²) < 4.78 is 0. The van der Waals surface area contributed by atoms with Crippen LogP contribution in [0.3, 0.4) is 0 Å². The minimum atomic E-state index is 0.164. The molecule has 0 spiro atoms. The molecule has 1 aliphatic rings. The highest BCUT2D eigenvalue weighted by Gasteiger charge is 2.31. The van der Waals surface area contributed by atoms with Gasteiger partial charge in [0.15, 0.2) is 0 Å². The largest absolute Gasteiger partial charge is 0.367 e. The molecule has 2 N–H and O–H groups in total. The minimum absolute atomic E-state index is 0.164. The second kappa shape index (κ2) is 6.15. The first-order valence-electron chi connectivity index (χ1n) is 7.28. The van der Waals surface area contributed by atoms with Crippen LogP contribution >= 0.6 is 11.6 Å². The Labute approximate surface area is 121 Å². The van der Waals surface area contributed by atoms with Gasteiger partial charge in [0.05, 0.1) is 10.7 Å². The van der Waals surface area contributed by atoms with E-state index in [0.717, 1.165) is 18.0 Å². The van der Waals surface area contributed by atoms with Crippen LogP contribution in [-0.2, 0) is 6.42 Å². The molecule has 2 nitrogen and oxygen atoms in total. The molecule has 106 valence electrons. The Balaban J connectivity index is 2.33. The van der Waals surface area contributed by atoms with Crippen LogP contribution in [0.4, 0.5) is 5.69 Å². The van der Waals surface area contributed by atoms with Crippen molar-refractivity contribution in [3.63, 3.8) is 0 Å². The minimum Gasteiger partial charge on any atom is -0.367 e. The van der Waals surface area contributed by atoms with Gasteiger partial charge in [0.1, 0.15) is 0 Å². The van der Waals surface area contributed by atoms with Crippen molar-refractivity contribution in [2.45, 2.75) is 52.1 Å². The number of benzene rings is 1. The summed E-state index contributed by atoms with van der Waals surface area (Å²) in [5.74, 6) is 0.639. The monoisotopic (exact) mass is 280 g/mol. The van der Waals surface area contributed by atoms with E-state index >= 15 is 0 Å². The zero-order chi connectivity index (χ0) is 14.0. The van der Waals surface area contributed by atoms with E-state index in [4.69, 9.17) is 17.3 Å². The number of anilines is 1. The van der Waals surface area contributed by atoms with E-state index in [1.807, 2.05) is 12.1 Å². The van der Waals surface area contributed by atoms with Gasteiger partial charge in [-0.05, 0) is 43.7 Å².